The molecule has 0 unspecified atom stereocenters. The summed E-state index contributed by atoms with van der Waals surface area (Å²) in [5.74, 6) is 0.501. The Bertz CT molecular complexity index is 1280. The van der Waals surface area contributed by atoms with Crippen LogP contribution >= 0.6 is 11.6 Å². The zero-order valence-electron chi connectivity index (χ0n) is 16.5. The number of ether oxygens (including phenoxy) is 1. The lowest BCUT2D eigenvalue weighted by Gasteiger charge is -2.18. The lowest BCUT2D eigenvalue weighted by Crippen LogP contribution is -2.29. The van der Waals surface area contributed by atoms with Crippen molar-refractivity contribution in [1.29, 1.82) is 0 Å². The number of halogens is 1. The highest BCUT2D eigenvalue weighted by molar-refractivity contribution is 7.89. The van der Waals surface area contributed by atoms with Crippen molar-refractivity contribution in [3.05, 3.63) is 77.3 Å². The van der Waals surface area contributed by atoms with Crippen molar-refractivity contribution in [3.8, 4) is 5.75 Å². The van der Waals surface area contributed by atoms with Gasteiger partial charge in [0.1, 0.15) is 10.9 Å². The van der Waals surface area contributed by atoms with Gasteiger partial charge in [-0.25, -0.2) is 18.1 Å². The van der Waals surface area contributed by atoms with Gasteiger partial charge in [-0.05, 0) is 29.3 Å². The highest BCUT2D eigenvalue weighted by atomic mass is 35.5. The van der Waals surface area contributed by atoms with E-state index in [1.54, 1.807) is 14.2 Å². The molecular weight excluding hydrogens is 424 g/mol. The van der Waals surface area contributed by atoms with Crippen LogP contribution in [0.1, 0.15) is 17.0 Å². The quantitative estimate of drug-likeness (QED) is 0.455. The fraction of sp³-hybridized carbons (Fsp3) is 0.190. The molecular formula is C21H21ClN4O3S. The number of nitrogens with one attached hydrogen (secondary N) is 2. The number of hydrogen-bond acceptors (Lipinski definition) is 4. The summed E-state index contributed by atoms with van der Waals surface area (Å²) in [4.78, 5) is 7.19. The molecule has 2 heterocycles. The maximum Gasteiger partial charge on any atom is 0.261 e. The maximum atomic E-state index is 12.8. The predicted octanol–water partition coefficient (Wildman–Crippen LogP) is 3.67. The van der Waals surface area contributed by atoms with Crippen LogP contribution in [0.3, 0.4) is 0 Å². The van der Waals surface area contributed by atoms with E-state index in [0.717, 1.165) is 27.8 Å². The number of aryl methyl sites for hydroxylation is 1. The van der Waals surface area contributed by atoms with Gasteiger partial charge in [-0.1, -0.05) is 41.9 Å². The molecule has 4 rings (SSSR count). The van der Waals surface area contributed by atoms with Gasteiger partial charge in [-0.3, -0.25) is 0 Å². The van der Waals surface area contributed by atoms with Crippen molar-refractivity contribution in [1.82, 2.24) is 19.3 Å². The first-order valence-corrected chi connectivity index (χ1v) is 11.1. The zero-order valence-corrected chi connectivity index (χ0v) is 18.0. The highest BCUT2D eigenvalue weighted by Gasteiger charge is 2.25. The summed E-state index contributed by atoms with van der Waals surface area (Å²) in [5, 5.41) is 0.919. The molecule has 0 aliphatic heterocycles. The first-order chi connectivity index (χ1) is 14.4. The number of sulfonamides is 1. The second-order valence-electron chi connectivity index (χ2n) is 6.92. The molecule has 2 aromatic heterocycles. The molecule has 9 heteroatoms. The standard InChI is InChI=1S/C21H21ClN4O3S/c1-26-13-24-21(20(26)22)30(27,28)25-12-17(14-7-9-15(29-2)10-8-14)18-11-23-19-6-4-3-5-16(18)19/h3-11,13,17,23,25H,12H2,1-2H3/t17-/m1/s1. The van der Waals surface area contributed by atoms with Crippen LogP contribution in [-0.2, 0) is 17.1 Å². The van der Waals surface area contributed by atoms with Crippen molar-refractivity contribution in [3.63, 3.8) is 0 Å². The van der Waals surface area contributed by atoms with Crippen LogP contribution in [0, 0.1) is 0 Å². The van der Waals surface area contributed by atoms with Gasteiger partial charge in [-0.2, -0.15) is 0 Å². The van der Waals surface area contributed by atoms with E-state index in [1.807, 2.05) is 54.7 Å². The van der Waals surface area contributed by atoms with E-state index in [1.165, 1.54) is 10.9 Å². The number of aromatic nitrogens is 3. The van der Waals surface area contributed by atoms with Crippen LogP contribution in [0.2, 0.25) is 5.15 Å². The molecule has 4 aromatic rings. The molecule has 156 valence electrons. The number of imidazole rings is 1. The summed E-state index contributed by atoms with van der Waals surface area (Å²) < 4.78 is 35.1. The van der Waals surface area contributed by atoms with E-state index < -0.39 is 10.0 Å². The van der Waals surface area contributed by atoms with Gasteiger partial charge in [0.05, 0.1) is 13.4 Å². The summed E-state index contributed by atoms with van der Waals surface area (Å²) >= 11 is 6.10. The molecule has 0 radical (unpaired) electrons. The number of hydrogen-bond donors (Lipinski definition) is 2. The van der Waals surface area contributed by atoms with Gasteiger partial charge in [0.25, 0.3) is 10.0 Å². The van der Waals surface area contributed by atoms with Crippen LogP contribution in [0.15, 0.2) is 66.1 Å². The molecule has 0 fully saturated rings. The van der Waals surface area contributed by atoms with Gasteiger partial charge in [-0.15, -0.1) is 0 Å². The van der Waals surface area contributed by atoms with Crippen molar-refractivity contribution >= 4 is 32.5 Å². The summed E-state index contributed by atoms with van der Waals surface area (Å²) in [7, 11) is -0.632. The van der Waals surface area contributed by atoms with Crippen LogP contribution in [0.4, 0.5) is 0 Å². The number of benzene rings is 2. The average molecular weight is 445 g/mol. The third-order valence-electron chi connectivity index (χ3n) is 5.08. The molecule has 0 saturated carbocycles. The Balaban J connectivity index is 1.71. The fourth-order valence-corrected chi connectivity index (χ4v) is 4.93. The Morgan fingerprint density at radius 2 is 1.93 bits per heavy atom. The van der Waals surface area contributed by atoms with Crippen LogP contribution in [-0.4, -0.2) is 36.6 Å². The van der Waals surface area contributed by atoms with Crippen LogP contribution in [0.5, 0.6) is 5.75 Å². The lowest BCUT2D eigenvalue weighted by atomic mass is 9.91. The largest absolute Gasteiger partial charge is 0.497 e. The Hall–Kier alpha value is -2.81. The van der Waals surface area contributed by atoms with Crippen molar-refractivity contribution in [2.75, 3.05) is 13.7 Å². The van der Waals surface area contributed by atoms with Gasteiger partial charge in [0, 0.05) is 36.6 Å². The summed E-state index contributed by atoms with van der Waals surface area (Å²) in [6, 6.07) is 15.5. The summed E-state index contributed by atoms with van der Waals surface area (Å²) in [5.41, 5.74) is 2.93. The minimum Gasteiger partial charge on any atom is -0.497 e. The van der Waals surface area contributed by atoms with E-state index >= 15 is 0 Å². The van der Waals surface area contributed by atoms with Crippen LogP contribution < -0.4 is 9.46 Å². The molecule has 2 aromatic carbocycles. The Morgan fingerprint density at radius 1 is 1.20 bits per heavy atom. The molecule has 7 nitrogen and oxygen atoms in total. The minimum atomic E-state index is -3.88. The molecule has 0 bridgehead atoms. The SMILES string of the molecule is COc1ccc([C@@H](CNS(=O)(=O)c2ncn(C)c2Cl)c2c[nH]c3ccccc23)cc1. The number of H-pyrrole nitrogens is 1. The molecule has 0 aliphatic rings. The molecule has 0 amide bonds. The third-order valence-corrected chi connectivity index (χ3v) is 6.99. The molecule has 2 N–H and O–H groups in total. The van der Waals surface area contributed by atoms with E-state index in [9.17, 15) is 8.42 Å². The Labute approximate surface area is 179 Å². The smallest absolute Gasteiger partial charge is 0.261 e. The van der Waals surface area contributed by atoms with E-state index in [-0.39, 0.29) is 22.6 Å². The summed E-state index contributed by atoms with van der Waals surface area (Å²) in [6.07, 6.45) is 3.29. The molecule has 1 atom stereocenters. The molecule has 0 spiro atoms. The number of rotatable bonds is 7. The summed E-state index contributed by atoms with van der Waals surface area (Å²) in [6.45, 7) is 0.142. The maximum absolute atomic E-state index is 12.8. The van der Waals surface area contributed by atoms with Crippen LogP contribution in [0.25, 0.3) is 10.9 Å². The van der Waals surface area contributed by atoms with E-state index in [0.29, 0.717) is 0 Å². The first-order valence-electron chi connectivity index (χ1n) is 9.27. The predicted molar refractivity (Wildman–Crippen MR) is 117 cm³/mol. The number of para-hydroxylation sites is 1. The number of nitrogens with zero attached hydrogens (tertiary/aromatic N) is 2. The molecule has 0 aliphatic carbocycles. The van der Waals surface area contributed by atoms with Gasteiger partial charge in [0.2, 0.25) is 5.03 Å². The van der Waals surface area contributed by atoms with Crippen molar-refractivity contribution < 1.29 is 13.2 Å². The minimum absolute atomic E-state index is 0.0654. The number of fused-ring (bicyclic) bond motifs is 1. The van der Waals surface area contributed by atoms with Crippen molar-refractivity contribution in [2.24, 2.45) is 7.05 Å². The molecule has 0 saturated heterocycles. The number of methoxy groups -OCH3 is 1. The Morgan fingerprint density at radius 3 is 2.60 bits per heavy atom. The second-order valence-corrected chi connectivity index (χ2v) is 8.96. The van der Waals surface area contributed by atoms with E-state index in [2.05, 4.69) is 14.7 Å². The third kappa shape index (κ3) is 3.81. The topological polar surface area (TPSA) is 89.0 Å². The second kappa shape index (κ2) is 8.14. The number of aromatic amines is 1. The lowest BCUT2D eigenvalue weighted by molar-refractivity contribution is 0.414. The fourth-order valence-electron chi connectivity index (χ4n) is 3.46. The highest BCUT2D eigenvalue weighted by Crippen LogP contribution is 2.32. The van der Waals surface area contributed by atoms with Gasteiger partial charge in [0.15, 0.2) is 0 Å². The van der Waals surface area contributed by atoms with Crippen molar-refractivity contribution in [2.45, 2.75) is 10.9 Å². The van der Waals surface area contributed by atoms with E-state index in [4.69, 9.17) is 16.3 Å². The normalized spacial score (nSPS) is 12.9. The Kier molecular flexibility index (Phi) is 5.55. The zero-order chi connectivity index (χ0) is 21.3. The monoisotopic (exact) mass is 444 g/mol. The molecule has 30 heavy (non-hydrogen) atoms. The average Bonchev–Trinajstić information content (AvgIpc) is 3.33. The van der Waals surface area contributed by atoms with Gasteiger partial charge >= 0.3 is 0 Å². The first kappa shape index (κ1) is 20.5. The van der Waals surface area contributed by atoms with Gasteiger partial charge < -0.3 is 14.3 Å².